The SMILES string of the molecule is CCc1ccc(-c2nc(CSCC(=O)N3CCc4ccccc4C3)c(C)o2)cc1.Cc1ccc(-c2nc(CSCC(=O)C3CCc4ccccc4C3)c(C)o2)cc1.Cc1ccc(-c2nc(CSCC(=O)N3CCc4ccccc4C3)c(C)o2)cc1.Cc1ccc(-c2nc(CSCC(=O)N3CCc4ccccc4C3)c(C)o2)cc1. The van der Waals surface area contributed by atoms with Gasteiger partial charge >= 0.3 is 0 Å². The molecular weight excluding hydrogens is 1480 g/mol. The van der Waals surface area contributed by atoms with E-state index in [1.165, 1.54) is 66.8 Å². The molecule has 4 aliphatic rings. The van der Waals surface area contributed by atoms with E-state index in [0.717, 1.165) is 152 Å². The number of thioether (sulfide) groups is 4. The van der Waals surface area contributed by atoms with E-state index < -0.39 is 0 Å². The van der Waals surface area contributed by atoms with Crippen LogP contribution in [0.25, 0.3) is 45.8 Å². The predicted octanol–water partition coefficient (Wildman–Crippen LogP) is 20.1. The maximum absolute atomic E-state index is 12.7. The minimum atomic E-state index is 0.156. The Balaban J connectivity index is 0.000000132. The van der Waals surface area contributed by atoms with Crippen molar-refractivity contribution < 1.29 is 36.8 Å². The summed E-state index contributed by atoms with van der Waals surface area (Å²) in [7, 11) is 0. The quantitative estimate of drug-likeness (QED) is 0.0624. The number of carbonyl (C=O) groups excluding carboxylic acids is 4. The van der Waals surface area contributed by atoms with Crippen molar-refractivity contribution in [3.63, 3.8) is 0 Å². The summed E-state index contributed by atoms with van der Waals surface area (Å²) in [6.45, 7) is 20.6. The largest absolute Gasteiger partial charge is 0.441 e. The number of amides is 3. The van der Waals surface area contributed by atoms with Crippen LogP contribution in [0.5, 0.6) is 0 Å². The maximum atomic E-state index is 12.7. The number of aryl methyl sites for hydroxylation is 9. The highest BCUT2D eigenvalue weighted by molar-refractivity contribution is 7.99. The molecule has 3 aliphatic heterocycles. The van der Waals surface area contributed by atoms with E-state index in [4.69, 9.17) is 17.7 Å². The summed E-state index contributed by atoms with van der Waals surface area (Å²) in [4.78, 5) is 75.0. The topological polar surface area (TPSA) is 182 Å². The van der Waals surface area contributed by atoms with Crippen LogP contribution in [0, 0.1) is 54.4 Å². The van der Waals surface area contributed by atoms with Crippen LogP contribution < -0.4 is 0 Å². The van der Waals surface area contributed by atoms with Crippen LogP contribution in [0.15, 0.2) is 212 Å². The number of aromatic nitrogens is 4. The smallest absolute Gasteiger partial charge is 0.232 e. The number of rotatable bonds is 22. The second kappa shape index (κ2) is 39.2. The van der Waals surface area contributed by atoms with E-state index in [2.05, 4.69) is 187 Å². The molecule has 19 heteroatoms. The van der Waals surface area contributed by atoms with Gasteiger partial charge in [0.15, 0.2) is 0 Å². The van der Waals surface area contributed by atoms with E-state index in [1.807, 2.05) is 97.0 Å². The van der Waals surface area contributed by atoms with Crippen molar-refractivity contribution in [3.05, 3.63) is 307 Å². The van der Waals surface area contributed by atoms with Crippen molar-refractivity contribution in [1.29, 1.82) is 0 Å². The van der Waals surface area contributed by atoms with Gasteiger partial charge in [-0.15, -0.1) is 47.0 Å². The first kappa shape index (κ1) is 81.1. The molecule has 0 saturated heterocycles. The monoisotopic (exact) mass is 1580 g/mol. The van der Waals surface area contributed by atoms with Gasteiger partial charge in [0.1, 0.15) is 28.8 Å². The Bertz CT molecular complexity index is 4840. The Kier molecular flexibility index (Phi) is 28.1. The third kappa shape index (κ3) is 21.9. The molecule has 0 bridgehead atoms. The molecule has 12 aromatic rings. The third-order valence-corrected chi connectivity index (χ3v) is 25.0. The van der Waals surface area contributed by atoms with Gasteiger partial charge < -0.3 is 32.4 Å². The minimum Gasteiger partial charge on any atom is -0.441 e. The zero-order valence-electron chi connectivity index (χ0n) is 65.9. The van der Waals surface area contributed by atoms with Crippen molar-refractivity contribution in [1.82, 2.24) is 34.6 Å². The van der Waals surface area contributed by atoms with Crippen LogP contribution in [-0.2, 0) is 100 Å². The summed E-state index contributed by atoms with van der Waals surface area (Å²) in [6.07, 6.45) is 6.70. The van der Waals surface area contributed by atoms with Crippen LogP contribution in [0.4, 0.5) is 0 Å². The molecule has 1 aliphatic carbocycles. The van der Waals surface area contributed by atoms with Gasteiger partial charge in [0, 0.05) is 90.5 Å². The van der Waals surface area contributed by atoms with E-state index >= 15 is 0 Å². The van der Waals surface area contributed by atoms with Crippen molar-refractivity contribution >= 4 is 70.6 Å². The second-order valence-corrected chi connectivity index (χ2v) is 33.3. The van der Waals surface area contributed by atoms with Gasteiger partial charge in [0.05, 0.1) is 45.8 Å². The predicted molar refractivity (Wildman–Crippen MR) is 459 cm³/mol. The van der Waals surface area contributed by atoms with Crippen molar-refractivity contribution in [2.24, 2.45) is 5.92 Å². The number of hydrogen-bond acceptors (Lipinski definition) is 16. The molecule has 0 N–H and O–H groups in total. The Morgan fingerprint density at radius 3 is 0.929 bits per heavy atom. The van der Waals surface area contributed by atoms with Gasteiger partial charge in [-0.25, -0.2) is 19.9 Å². The van der Waals surface area contributed by atoms with Gasteiger partial charge in [0.2, 0.25) is 41.3 Å². The fourth-order valence-corrected chi connectivity index (χ4v) is 17.9. The van der Waals surface area contributed by atoms with Gasteiger partial charge in [0.25, 0.3) is 0 Å². The number of hydrogen-bond donors (Lipinski definition) is 0. The van der Waals surface area contributed by atoms with E-state index in [1.54, 1.807) is 47.0 Å². The van der Waals surface area contributed by atoms with Crippen LogP contribution in [0.1, 0.15) is 126 Å². The molecule has 7 heterocycles. The zero-order chi connectivity index (χ0) is 78.7. The molecule has 1 atom stereocenters. The molecule has 582 valence electrons. The zero-order valence-corrected chi connectivity index (χ0v) is 69.2. The van der Waals surface area contributed by atoms with Gasteiger partial charge in [-0.3, -0.25) is 19.2 Å². The van der Waals surface area contributed by atoms with E-state index in [0.29, 0.717) is 75.4 Å². The molecule has 4 aromatic heterocycles. The number of benzene rings is 8. The lowest BCUT2D eigenvalue weighted by atomic mass is 9.82. The molecule has 0 fully saturated rings. The molecule has 0 radical (unpaired) electrons. The highest BCUT2D eigenvalue weighted by Crippen LogP contribution is 2.33. The molecule has 1 unspecified atom stereocenters. The fraction of sp³-hybridized carbons (Fsp3) is 0.319. The lowest BCUT2D eigenvalue weighted by Crippen LogP contribution is -2.37. The molecule has 3 amide bonds. The normalized spacial score (nSPS) is 14.1. The lowest BCUT2D eigenvalue weighted by molar-refractivity contribution is -0.130. The average Bonchev–Trinajstić information content (AvgIpc) is 1.83. The Hall–Kier alpha value is -9.92. The Morgan fingerprint density at radius 1 is 0.345 bits per heavy atom. The Labute approximate surface area is 681 Å². The first-order valence-corrected chi connectivity index (χ1v) is 43.7. The second-order valence-electron chi connectivity index (χ2n) is 29.4. The maximum Gasteiger partial charge on any atom is 0.232 e. The van der Waals surface area contributed by atoms with Crippen LogP contribution in [0.3, 0.4) is 0 Å². The number of Topliss-reactive ketones (excluding diaryl/α,β-unsaturated/α-hetero) is 1. The van der Waals surface area contributed by atoms with Gasteiger partial charge in [-0.2, -0.15) is 0 Å². The van der Waals surface area contributed by atoms with Crippen molar-refractivity contribution in [2.45, 2.75) is 143 Å². The van der Waals surface area contributed by atoms with E-state index in [-0.39, 0.29) is 23.6 Å². The van der Waals surface area contributed by atoms with Crippen molar-refractivity contribution in [2.75, 3.05) is 42.6 Å². The molecule has 15 nitrogen and oxygen atoms in total. The minimum absolute atomic E-state index is 0.156. The average molecular weight is 1580 g/mol. The first-order valence-electron chi connectivity index (χ1n) is 39.0. The molecule has 8 aromatic carbocycles. The molecule has 16 rings (SSSR count). The third-order valence-electron chi connectivity index (χ3n) is 21.2. The van der Waals surface area contributed by atoms with Crippen LogP contribution >= 0.6 is 47.0 Å². The lowest BCUT2D eigenvalue weighted by Gasteiger charge is -2.28. The Morgan fingerprint density at radius 2 is 0.619 bits per heavy atom. The van der Waals surface area contributed by atoms with Gasteiger partial charge in [-0.1, -0.05) is 169 Å². The summed E-state index contributed by atoms with van der Waals surface area (Å²) in [5, 5.41) is 0. The standard InChI is InChI=1S/C24H26N2O2S.C24H25NO2S.2C23H24N2O2S/c1-3-18-8-10-20(11-9-18)24-25-22(17(2)28-24)15-29-16-23(27)26-13-12-19-6-4-5-7-21(19)14-26;1-16-7-9-19(10-8-16)24-25-22(17(2)27-24)14-28-15-23(26)21-12-11-18-5-3-4-6-20(18)13-21;2*1-16-7-9-19(10-8-16)23-24-21(17(2)27-23)14-28-15-22(26)25-12-11-18-5-3-4-6-20(18)13-25/h4-11H,3,12-16H2,1-2H3;3-10,21H,11-15H2,1-2H3;2*3-10H,11-15H2,1-2H3. The summed E-state index contributed by atoms with van der Waals surface area (Å²) < 4.78 is 23.4. The molecular formula is C94H99N7O8S4. The number of carbonyl (C=O) groups is 4. The highest BCUT2D eigenvalue weighted by Gasteiger charge is 2.27. The molecule has 0 spiro atoms. The van der Waals surface area contributed by atoms with Crippen molar-refractivity contribution in [3.8, 4) is 45.8 Å². The first-order chi connectivity index (χ1) is 54.9. The summed E-state index contributed by atoms with van der Waals surface area (Å²) in [5.74, 6) is 11.7. The summed E-state index contributed by atoms with van der Waals surface area (Å²) >= 11 is 6.45. The fourth-order valence-electron chi connectivity index (χ4n) is 14.2. The van der Waals surface area contributed by atoms with Crippen LogP contribution in [0.2, 0.25) is 0 Å². The number of ketones is 1. The van der Waals surface area contributed by atoms with Gasteiger partial charge in [-0.05, 0) is 192 Å². The number of nitrogens with zero attached hydrogens (tertiary/aromatic N) is 7. The van der Waals surface area contributed by atoms with Crippen LogP contribution in [-0.4, -0.2) is 101 Å². The number of oxazole rings is 4. The summed E-state index contributed by atoms with van der Waals surface area (Å²) in [6, 6.07) is 66.5. The number of fused-ring (bicyclic) bond motifs is 4. The van der Waals surface area contributed by atoms with E-state index in [9.17, 15) is 19.2 Å². The highest BCUT2D eigenvalue weighted by atomic mass is 32.2. The molecule has 0 saturated carbocycles. The summed E-state index contributed by atoms with van der Waals surface area (Å²) in [5.41, 5.74) is 23.2. The molecule has 113 heavy (non-hydrogen) atoms.